The molecule has 6 nitrogen and oxygen atoms in total. The number of hydrogen-bond donors (Lipinski definition) is 1. The van der Waals surface area contributed by atoms with Crippen LogP contribution in [-0.4, -0.2) is 26.8 Å². The van der Waals surface area contributed by atoms with Crippen LogP contribution in [0.3, 0.4) is 0 Å². The average molecular weight is 260 g/mol. The maximum absolute atomic E-state index is 5.84. The maximum Gasteiger partial charge on any atom is 0.135 e. The van der Waals surface area contributed by atoms with Crippen molar-refractivity contribution in [3.8, 4) is 0 Å². The Labute approximate surface area is 113 Å². The van der Waals surface area contributed by atoms with Crippen molar-refractivity contribution in [2.24, 2.45) is 7.05 Å². The van der Waals surface area contributed by atoms with Crippen LogP contribution in [0, 0.1) is 0 Å². The number of aryl methyl sites for hydroxylation is 1. The summed E-state index contributed by atoms with van der Waals surface area (Å²) in [6.07, 6.45) is 3.84. The van der Waals surface area contributed by atoms with Crippen molar-refractivity contribution in [2.45, 2.75) is 26.3 Å². The van der Waals surface area contributed by atoms with E-state index in [4.69, 9.17) is 5.73 Å². The van der Waals surface area contributed by atoms with Crippen LogP contribution in [0.15, 0.2) is 18.5 Å². The number of rotatable bonds is 4. The van der Waals surface area contributed by atoms with E-state index in [1.54, 1.807) is 10.7 Å². The second kappa shape index (κ2) is 5.26. The van der Waals surface area contributed by atoms with Gasteiger partial charge in [0.05, 0.1) is 6.20 Å². The number of nitrogens with two attached hydrogens (primary N) is 1. The molecule has 2 N–H and O–H groups in total. The minimum atomic E-state index is 0.258. The van der Waals surface area contributed by atoms with Gasteiger partial charge in [0.2, 0.25) is 0 Å². The first-order valence-electron chi connectivity index (χ1n) is 6.29. The fourth-order valence-corrected chi connectivity index (χ4v) is 1.83. The summed E-state index contributed by atoms with van der Waals surface area (Å²) in [4.78, 5) is 10.8. The first kappa shape index (κ1) is 13.3. The van der Waals surface area contributed by atoms with Gasteiger partial charge in [0.15, 0.2) is 0 Å². The van der Waals surface area contributed by atoms with Gasteiger partial charge in [-0.2, -0.15) is 5.10 Å². The molecule has 6 heteroatoms. The zero-order valence-corrected chi connectivity index (χ0v) is 11.8. The van der Waals surface area contributed by atoms with Crippen molar-refractivity contribution in [2.75, 3.05) is 17.7 Å². The molecular formula is C13H20N6. The van der Waals surface area contributed by atoms with Crippen molar-refractivity contribution in [1.29, 1.82) is 0 Å². The van der Waals surface area contributed by atoms with Crippen LogP contribution >= 0.6 is 0 Å². The predicted octanol–water partition coefficient (Wildman–Crippen LogP) is 1.55. The molecule has 2 rings (SSSR count). The SMILES string of the molecule is CC(C)c1nc(N)cc(N(C)Cc2cnn(C)c2)n1. The number of aromatic nitrogens is 4. The lowest BCUT2D eigenvalue weighted by atomic mass is 10.2. The summed E-state index contributed by atoms with van der Waals surface area (Å²) in [6, 6.07) is 1.79. The molecule has 0 amide bonds. The Bertz CT molecular complexity index is 560. The molecule has 19 heavy (non-hydrogen) atoms. The molecule has 0 bridgehead atoms. The van der Waals surface area contributed by atoms with E-state index in [2.05, 4.69) is 28.9 Å². The highest BCUT2D eigenvalue weighted by Gasteiger charge is 2.10. The lowest BCUT2D eigenvalue weighted by molar-refractivity contribution is 0.761. The number of nitrogens with zero attached hydrogens (tertiary/aromatic N) is 5. The third kappa shape index (κ3) is 3.21. The molecule has 0 radical (unpaired) electrons. The predicted molar refractivity (Wildman–Crippen MR) is 75.8 cm³/mol. The average Bonchev–Trinajstić information content (AvgIpc) is 2.73. The van der Waals surface area contributed by atoms with Gasteiger partial charge in [-0.15, -0.1) is 0 Å². The summed E-state index contributed by atoms with van der Waals surface area (Å²) < 4.78 is 1.79. The molecule has 0 aliphatic heterocycles. The number of hydrogen-bond acceptors (Lipinski definition) is 5. The summed E-state index contributed by atoms with van der Waals surface area (Å²) in [5.74, 6) is 2.37. The Hall–Kier alpha value is -2.11. The summed E-state index contributed by atoms with van der Waals surface area (Å²) in [6.45, 7) is 4.85. The van der Waals surface area contributed by atoms with Crippen LogP contribution in [0.5, 0.6) is 0 Å². The van der Waals surface area contributed by atoms with Crippen molar-refractivity contribution in [3.63, 3.8) is 0 Å². The fraction of sp³-hybridized carbons (Fsp3) is 0.462. The van der Waals surface area contributed by atoms with E-state index in [0.717, 1.165) is 23.8 Å². The van der Waals surface area contributed by atoms with E-state index in [-0.39, 0.29) is 5.92 Å². The highest BCUT2D eigenvalue weighted by Crippen LogP contribution is 2.18. The Morgan fingerprint density at radius 3 is 2.68 bits per heavy atom. The third-order valence-corrected chi connectivity index (χ3v) is 2.84. The molecule has 0 aliphatic rings. The molecule has 0 spiro atoms. The Morgan fingerprint density at radius 1 is 1.37 bits per heavy atom. The summed E-state index contributed by atoms with van der Waals surface area (Å²) in [7, 11) is 3.89. The standard InChI is InChI=1S/C13H20N6/c1-9(2)13-16-11(14)5-12(17-13)18(3)7-10-6-15-19(4)8-10/h5-6,8-9H,7H2,1-4H3,(H2,14,16,17). The molecule has 0 saturated carbocycles. The monoisotopic (exact) mass is 260 g/mol. The summed E-state index contributed by atoms with van der Waals surface area (Å²) in [5, 5.41) is 4.16. The van der Waals surface area contributed by atoms with Gasteiger partial charge in [0, 0.05) is 44.4 Å². The first-order chi connectivity index (χ1) is 8.95. The lowest BCUT2D eigenvalue weighted by Crippen LogP contribution is -2.19. The zero-order chi connectivity index (χ0) is 14.0. The molecule has 0 saturated heterocycles. The van der Waals surface area contributed by atoms with Crippen molar-refractivity contribution in [3.05, 3.63) is 29.8 Å². The maximum atomic E-state index is 5.84. The highest BCUT2D eigenvalue weighted by atomic mass is 15.2. The van der Waals surface area contributed by atoms with Crippen LogP contribution in [-0.2, 0) is 13.6 Å². The van der Waals surface area contributed by atoms with Crippen LogP contribution < -0.4 is 10.6 Å². The molecule has 0 fully saturated rings. The van der Waals surface area contributed by atoms with Crippen LogP contribution in [0.2, 0.25) is 0 Å². The number of nitrogen functional groups attached to an aromatic ring is 1. The molecular weight excluding hydrogens is 240 g/mol. The second-order valence-corrected chi connectivity index (χ2v) is 5.04. The molecule has 102 valence electrons. The molecule has 2 aromatic heterocycles. The topological polar surface area (TPSA) is 72.9 Å². The van der Waals surface area contributed by atoms with Gasteiger partial charge >= 0.3 is 0 Å². The van der Waals surface area contributed by atoms with E-state index >= 15 is 0 Å². The van der Waals surface area contributed by atoms with Crippen LogP contribution in [0.4, 0.5) is 11.6 Å². The van der Waals surface area contributed by atoms with Crippen LogP contribution in [0.25, 0.3) is 0 Å². The van der Waals surface area contributed by atoms with Crippen molar-refractivity contribution in [1.82, 2.24) is 19.7 Å². The smallest absolute Gasteiger partial charge is 0.135 e. The first-order valence-corrected chi connectivity index (χ1v) is 6.29. The van der Waals surface area contributed by atoms with Gasteiger partial charge < -0.3 is 10.6 Å². The van der Waals surface area contributed by atoms with Gasteiger partial charge in [-0.1, -0.05) is 13.8 Å². The molecule has 0 aromatic carbocycles. The minimum absolute atomic E-state index is 0.258. The fourth-order valence-electron chi connectivity index (χ4n) is 1.83. The van der Waals surface area contributed by atoms with E-state index < -0.39 is 0 Å². The summed E-state index contributed by atoms with van der Waals surface area (Å²) in [5.41, 5.74) is 6.97. The number of anilines is 2. The molecule has 0 unspecified atom stereocenters. The third-order valence-electron chi connectivity index (χ3n) is 2.84. The molecule has 0 atom stereocenters. The van der Waals surface area contributed by atoms with Gasteiger partial charge in [0.25, 0.3) is 0 Å². The quantitative estimate of drug-likeness (QED) is 0.903. The van der Waals surface area contributed by atoms with Gasteiger partial charge in [0.1, 0.15) is 17.5 Å². The lowest BCUT2D eigenvalue weighted by Gasteiger charge is -2.18. The van der Waals surface area contributed by atoms with Crippen molar-refractivity contribution < 1.29 is 0 Å². The van der Waals surface area contributed by atoms with Gasteiger partial charge in [-0.05, 0) is 0 Å². The van der Waals surface area contributed by atoms with E-state index in [9.17, 15) is 0 Å². The Kier molecular flexibility index (Phi) is 3.69. The van der Waals surface area contributed by atoms with Crippen LogP contribution in [0.1, 0.15) is 31.2 Å². The molecule has 2 heterocycles. The second-order valence-electron chi connectivity index (χ2n) is 5.04. The van der Waals surface area contributed by atoms with Gasteiger partial charge in [-0.3, -0.25) is 4.68 Å². The largest absolute Gasteiger partial charge is 0.384 e. The minimum Gasteiger partial charge on any atom is -0.384 e. The van der Waals surface area contributed by atoms with Gasteiger partial charge in [-0.25, -0.2) is 9.97 Å². The van der Waals surface area contributed by atoms with E-state index in [1.165, 1.54) is 0 Å². The zero-order valence-electron chi connectivity index (χ0n) is 11.8. The van der Waals surface area contributed by atoms with Crippen molar-refractivity contribution >= 4 is 11.6 Å². The Morgan fingerprint density at radius 2 is 2.11 bits per heavy atom. The Balaban J connectivity index is 2.20. The van der Waals surface area contributed by atoms with E-state index in [1.807, 2.05) is 31.4 Å². The molecule has 2 aromatic rings. The van der Waals surface area contributed by atoms with E-state index in [0.29, 0.717) is 5.82 Å². The summed E-state index contributed by atoms with van der Waals surface area (Å²) >= 11 is 0. The normalized spacial score (nSPS) is 11.0. The highest BCUT2D eigenvalue weighted by molar-refractivity contribution is 5.47. The molecule has 0 aliphatic carbocycles.